The number of hydrogen-bond donors (Lipinski definition) is 3. The average molecular weight is 360 g/mol. The smallest absolute Gasteiger partial charge is 0.355 e. The topological polar surface area (TPSA) is 112 Å². The molecule has 1 atom stereocenters. The van der Waals surface area contributed by atoms with Crippen LogP contribution in [0.15, 0.2) is 0 Å². The van der Waals surface area contributed by atoms with Gasteiger partial charge in [0.1, 0.15) is 5.69 Å². The molecule has 0 aliphatic carbocycles. The van der Waals surface area contributed by atoms with E-state index in [4.69, 9.17) is 4.74 Å². The third-order valence-corrected chi connectivity index (χ3v) is 4.52. The van der Waals surface area contributed by atoms with Gasteiger partial charge in [0.05, 0.1) is 11.8 Å². The quantitative estimate of drug-likeness (QED) is 0.542. The number of rotatable bonds is 6. The van der Waals surface area contributed by atoms with Crippen LogP contribution in [0.1, 0.15) is 79.4 Å². The standard InChI is InChI=1S/C19H24N2O5/c1-8-15(12(5)22)10(3)20-17(8)14(24)7-26-19(25)18-9(2)16(13(6)23)11(4)21-18/h13,20-21,23H,7H2,1-6H3/t13-/m0/s1. The summed E-state index contributed by atoms with van der Waals surface area (Å²) in [4.78, 5) is 42.1. The summed E-state index contributed by atoms with van der Waals surface area (Å²) < 4.78 is 5.13. The Balaban J connectivity index is 2.16. The summed E-state index contributed by atoms with van der Waals surface area (Å²) in [6.07, 6.45) is -0.719. The van der Waals surface area contributed by atoms with Crippen LogP contribution in [-0.4, -0.2) is 39.2 Å². The Morgan fingerprint density at radius 2 is 1.58 bits per heavy atom. The van der Waals surface area contributed by atoms with Gasteiger partial charge in [0.2, 0.25) is 5.78 Å². The van der Waals surface area contributed by atoms with Crippen LogP contribution in [-0.2, 0) is 4.74 Å². The zero-order valence-corrected chi connectivity index (χ0v) is 15.9. The summed E-state index contributed by atoms with van der Waals surface area (Å²) in [7, 11) is 0. The number of H-pyrrole nitrogens is 2. The number of nitrogens with one attached hydrogen (secondary N) is 2. The van der Waals surface area contributed by atoms with Gasteiger partial charge in [-0.2, -0.15) is 0 Å². The number of hydrogen-bond acceptors (Lipinski definition) is 5. The van der Waals surface area contributed by atoms with Gasteiger partial charge < -0.3 is 19.8 Å². The van der Waals surface area contributed by atoms with Gasteiger partial charge in [0.15, 0.2) is 12.4 Å². The zero-order chi connectivity index (χ0) is 19.8. The first kappa shape index (κ1) is 19.7. The minimum atomic E-state index is -0.719. The molecule has 0 aromatic carbocycles. The highest BCUT2D eigenvalue weighted by atomic mass is 16.5. The Bertz CT molecular complexity index is 886. The molecule has 0 fully saturated rings. The number of Topliss-reactive ketones (excluding diaryl/α,β-unsaturated/α-hetero) is 2. The summed E-state index contributed by atoms with van der Waals surface area (Å²) in [6.45, 7) is 9.47. The third-order valence-electron chi connectivity index (χ3n) is 4.52. The molecule has 0 aliphatic rings. The number of aliphatic hydroxyl groups excluding tert-OH is 1. The Kier molecular flexibility index (Phi) is 5.51. The first-order valence-corrected chi connectivity index (χ1v) is 8.33. The first-order valence-electron chi connectivity index (χ1n) is 8.33. The molecule has 0 saturated heterocycles. The molecule has 7 nitrogen and oxygen atoms in total. The number of aliphatic hydroxyl groups is 1. The van der Waals surface area contributed by atoms with Crippen LogP contribution < -0.4 is 0 Å². The van der Waals surface area contributed by atoms with Crippen molar-refractivity contribution in [3.8, 4) is 0 Å². The summed E-state index contributed by atoms with van der Waals surface area (Å²) in [5, 5.41) is 9.79. The van der Waals surface area contributed by atoms with E-state index in [1.165, 1.54) is 6.92 Å². The van der Waals surface area contributed by atoms with Crippen LogP contribution in [0.4, 0.5) is 0 Å². The van der Waals surface area contributed by atoms with Crippen molar-refractivity contribution in [3.63, 3.8) is 0 Å². The van der Waals surface area contributed by atoms with Crippen LogP contribution >= 0.6 is 0 Å². The highest BCUT2D eigenvalue weighted by molar-refractivity contribution is 6.04. The monoisotopic (exact) mass is 360 g/mol. The second-order valence-electron chi connectivity index (χ2n) is 6.52. The van der Waals surface area contributed by atoms with Crippen molar-refractivity contribution in [3.05, 3.63) is 45.0 Å². The van der Waals surface area contributed by atoms with Gasteiger partial charge in [-0.25, -0.2) is 4.79 Å². The molecule has 140 valence electrons. The Labute approximate surface area is 151 Å². The lowest BCUT2D eigenvalue weighted by atomic mass is 10.1. The maximum atomic E-state index is 12.4. The van der Waals surface area contributed by atoms with Gasteiger partial charge in [-0.05, 0) is 52.7 Å². The fraction of sp³-hybridized carbons (Fsp3) is 0.421. The van der Waals surface area contributed by atoms with Crippen LogP contribution in [0.3, 0.4) is 0 Å². The number of esters is 1. The first-order chi connectivity index (χ1) is 12.1. The van der Waals surface area contributed by atoms with Gasteiger partial charge in [-0.1, -0.05) is 0 Å². The molecule has 7 heteroatoms. The lowest BCUT2D eigenvalue weighted by Gasteiger charge is -2.06. The highest BCUT2D eigenvalue weighted by Gasteiger charge is 2.24. The Hall–Kier alpha value is -2.67. The van der Waals surface area contributed by atoms with Crippen molar-refractivity contribution >= 4 is 17.5 Å². The van der Waals surface area contributed by atoms with Gasteiger partial charge in [-0.15, -0.1) is 0 Å². The average Bonchev–Trinajstić information content (AvgIpc) is 3.00. The molecule has 0 spiro atoms. The molecule has 26 heavy (non-hydrogen) atoms. The predicted molar refractivity (Wildman–Crippen MR) is 95.8 cm³/mol. The maximum absolute atomic E-state index is 12.4. The van der Waals surface area contributed by atoms with Crippen LogP contribution in [0, 0.1) is 27.7 Å². The zero-order valence-electron chi connectivity index (χ0n) is 15.9. The Morgan fingerprint density at radius 3 is 2.04 bits per heavy atom. The molecule has 0 amide bonds. The van der Waals surface area contributed by atoms with Crippen molar-refractivity contribution < 1.29 is 24.2 Å². The van der Waals surface area contributed by atoms with E-state index in [9.17, 15) is 19.5 Å². The van der Waals surface area contributed by atoms with Crippen LogP contribution in [0.2, 0.25) is 0 Å². The Morgan fingerprint density at radius 1 is 1.00 bits per heavy atom. The van der Waals surface area contributed by atoms with Gasteiger partial charge in [0, 0.05) is 22.5 Å². The highest BCUT2D eigenvalue weighted by Crippen LogP contribution is 2.25. The van der Waals surface area contributed by atoms with E-state index >= 15 is 0 Å². The van der Waals surface area contributed by atoms with E-state index in [0.29, 0.717) is 33.6 Å². The van der Waals surface area contributed by atoms with E-state index in [-0.39, 0.29) is 17.2 Å². The second-order valence-corrected chi connectivity index (χ2v) is 6.52. The number of ether oxygens (including phenoxy) is 1. The molecule has 0 aliphatic heterocycles. The van der Waals surface area contributed by atoms with E-state index in [2.05, 4.69) is 9.97 Å². The van der Waals surface area contributed by atoms with E-state index < -0.39 is 24.5 Å². The number of carbonyl (C=O) groups is 3. The van der Waals surface area contributed by atoms with Crippen molar-refractivity contribution in [2.45, 2.75) is 47.6 Å². The fourth-order valence-corrected chi connectivity index (χ4v) is 3.43. The molecule has 2 rings (SSSR count). The molecule has 2 heterocycles. The largest absolute Gasteiger partial charge is 0.453 e. The number of carbonyl (C=O) groups excluding carboxylic acids is 3. The van der Waals surface area contributed by atoms with Gasteiger partial charge in [0.25, 0.3) is 0 Å². The number of aromatic amines is 2. The van der Waals surface area contributed by atoms with Crippen LogP contribution in [0.5, 0.6) is 0 Å². The van der Waals surface area contributed by atoms with Crippen LogP contribution in [0.25, 0.3) is 0 Å². The minimum absolute atomic E-state index is 0.129. The molecule has 0 unspecified atom stereocenters. The normalized spacial score (nSPS) is 12.1. The number of aryl methyl sites for hydroxylation is 2. The van der Waals surface area contributed by atoms with E-state index in [1.54, 1.807) is 34.6 Å². The van der Waals surface area contributed by atoms with Gasteiger partial charge in [-0.3, -0.25) is 9.59 Å². The molecule has 0 radical (unpaired) electrons. The molecule has 3 N–H and O–H groups in total. The molecular weight excluding hydrogens is 336 g/mol. The molecule has 0 saturated carbocycles. The lowest BCUT2D eigenvalue weighted by molar-refractivity contribution is 0.0467. The van der Waals surface area contributed by atoms with Crippen molar-refractivity contribution in [1.29, 1.82) is 0 Å². The molecule has 0 bridgehead atoms. The minimum Gasteiger partial charge on any atom is -0.453 e. The van der Waals surface area contributed by atoms with Crippen molar-refractivity contribution in [2.75, 3.05) is 6.61 Å². The summed E-state index contributed by atoms with van der Waals surface area (Å²) >= 11 is 0. The molecular formula is C19H24N2O5. The summed E-state index contributed by atoms with van der Waals surface area (Å²) in [6, 6.07) is 0. The third kappa shape index (κ3) is 3.48. The molecule has 2 aromatic rings. The second kappa shape index (κ2) is 7.29. The summed E-state index contributed by atoms with van der Waals surface area (Å²) in [5.41, 5.74) is 4.06. The van der Waals surface area contributed by atoms with E-state index in [1.807, 2.05) is 0 Å². The van der Waals surface area contributed by atoms with Gasteiger partial charge >= 0.3 is 5.97 Å². The number of aromatic nitrogens is 2. The number of ketones is 2. The van der Waals surface area contributed by atoms with Crippen molar-refractivity contribution in [1.82, 2.24) is 9.97 Å². The molecule has 2 aromatic heterocycles. The fourth-order valence-electron chi connectivity index (χ4n) is 3.43. The SMILES string of the molecule is CC(=O)c1c(C)[nH]c(C(=O)COC(=O)c2[nH]c(C)c([C@H](C)O)c2C)c1C. The maximum Gasteiger partial charge on any atom is 0.355 e. The van der Waals surface area contributed by atoms with Crippen molar-refractivity contribution in [2.24, 2.45) is 0 Å². The predicted octanol–water partition coefficient (Wildman–Crippen LogP) is 2.87. The summed E-state index contributed by atoms with van der Waals surface area (Å²) in [5.74, 6) is -1.21. The lowest BCUT2D eigenvalue weighted by Crippen LogP contribution is -2.16. The van der Waals surface area contributed by atoms with E-state index in [0.717, 1.165) is 0 Å².